The molecule has 0 fully saturated rings. The fourth-order valence-electron chi connectivity index (χ4n) is 1.71. The minimum Gasteiger partial charge on any atom is -0.497 e. The summed E-state index contributed by atoms with van der Waals surface area (Å²) in [4.78, 5) is 0. The van der Waals surface area contributed by atoms with E-state index in [1.807, 2.05) is 12.1 Å². The van der Waals surface area contributed by atoms with Crippen LogP contribution in [0.3, 0.4) is 0 Å². The third-order valence-corrected chi connectivity index (χ3v) is 4.37. The number of hydrogen-bond donors (Lipinski definition) is 0. The summed E-state index contributed by atoms with van der Waals surface area (Å²) >= 11 is 13.0. The molecule has 0 spiro atoms. The molecule has 0 amide bonds. The molecule has 0 saturated heterocycles. The van der Waals surface area contributed by atoms with Crippen LogP contribution in [-0.4, -0.2) is 7.11 Å². The molecule has 0 aliphatic carbocycles. The first-order valence-electron chi connectivity index (χ1n) is 5.45. The second-order valence-corrected chi connectivity index (χ2v) is 6.12. The van der Waals surface area contributed by atoms with Crippen LogP contribution in [0.5, 0.6) is 5.75 Å². The summed E-state index contributed by atoms with van der Waals surface area (Å²) in [5, 5.41) is -0.562. The maximum Gasteiger partial charge on any atom is 0.129 e. The Labute approximate surface area is 133 Å². The monoisotopic (exact) mass is 406 g/mol. The van der Waals surface area contributed by atoms with Crippen molar-refractivity contribution in [3.05, 3.63) is 62.3 Å². The van der Waals surface area contributed by atoms with Gasteiger partial charge in [0.05, 0.1) is 12.5 Å². The molecule has 0 aliphatic rings. The van der Waals surface area contributed by atoms with E-state index < -0.39 is 5.38 Å². The van der Waals surface area contributed by atoms with Gasteiger partial charge in [0, 0.05) is 14.5 Å². The van der Waals surface area contributed by atoms with Crippen LogP contribution in [0.25, 0.3) is 0 Å². The first-order chi connectivity index (χ1) is 9.02. The second kappa shape index (κ2) is 6.25. The Kier molecular flexibility index (Phi) is 4.87. The number of methoxy groups -OCH3 is 1. The topological polar surface area (TPSA) is 9.23 Å². The molecule has 0 aromatic heterocycles. The highest BCUT2D eigenvalue weighted by molar-refractivity contribution is 9.10. The van der Waals surface area contributed by atoms with E-state index in [-0.39, 0.29) is 5.82 Å². The highest BCUT2D eigenvalue weighted by atomic mass is 79.9. The molecule has 5 heteroatoms. The van der Waals surface area contributed by atoms with Gasteiger partial charge in [0.25, 0.3) is 0 Å². The molecule has 0 aliphatic heterocycles. The smallest absolute Gasteiger partial charge is 0.129 e. The van der Waals surface area contributed by atoms with E-state index in [0.717, 1.165) is 15.8 Å². The highest BCUT2D eigenvalue weighted by Gasteiger charge is 2.18. The first-order valence-corrected chi connectivity index (χ1v) is 7.47. The zero-order valence-corrected chi connectivity index (χ0v) is 13.9. The van der Waals surface area contributed by atoms with Gasteiger partial charge in [-0.05, 0) is 29.8 Å². The van der Waals surface area contributed by atoms with Crippen molar-refractivity contribution in [3.8, 4) is 5.75 Å². The lowest BCUT2D eigenvalue weighted by Gasteiger charge is -2.14. The number of halogens is 4. The Balaban J connectivity index is 2.41. The molecule has 100 valence electrons. The van der Waals surface area contributed by atoms with Gasteiger partial charge in [0.2, 0.25) is 0 Å². The van der Waals surface area contributed by atoms with E-state index in [9.17, 15) is 4.39 Å². The van der Waals surface area contributed by atoms with Gasteiger partial charge in [-0.2, -0.15) is 0 Å². The Hall–Kier alpha value is -0.580. The molecule has 0 bridgehead atoms. The minimum atomic E-state index is -0.562. The summed E-state index contributed by atoms with van der Waals surface area (Å²) in [5.74, 6) is 0.382. The van der Waals surface area contributed by atoms with E-state index in [0.29, 0.717) is 10.0 Å². The van der Waals surface area contributed by atoms with E-state index in [1.165, 1.54) is 6.07 Å². The molecule has 2 aromatic rings. The molecule has 0 N–H and O–H groups in total. The first kappa shape index (κ1) is 14.8. The second-order valence-electron chi connectivity index (χ2n) is 3.92. The van der Waals surface area contributed by atoms with Gasteiger partial charge in [-0.3, -0.25) is 0 Å². The number of ether oxygens (including phenoxy) is 1. The fraction of sp³-hybridized carbons (Fsp3) is 0.143. The van der Waals surface area contributed by atoms with Crippen molar-refractivity contribution in [2.24, 2.45) is 0 Å². The number of hydrogen-bond acceptors (Lipinski definition) is 1. The normalized spacial score (nSPS) is 12.3. The Morgan fingerprint density at radius 3 is 2.37 bits per heavy atom. The van der Waals surface area contributed by atoms with Crippen molar-refractivity contribution in [2.45, 2.75) is 5.38 Å². The molecule has 1 unspecified atom stereocenters. The lowest BCUT2D eigenvalue weighted by atomic mass is 10.0. The van der Waals surface area contributed by atoms with Crippen LogP contribution < -0.4 is 4.74 Å². The average molecular weight is 408 g/mol. The Morgan fingerprint density at radius 1 is 1.11 bits per heavy atom. The highest BCUT2D eigenvalue weighted by Crippen LogP contribution is 2.37. The number of alkyl halides is 1. The van der Waals surface area contributed by atoms with E-state index in [2.05, 4.69) is 31.9 Å². The zero-order valence-electron chi connectivity index (χ0n) is 9.96. The fourth-order valence-corrected chi connectivity index (χ4v) is 3.13. The van der Waals surface area contributed by atoms with Crippen LogP contribution in [0.2, 0.25) is 0 Å². The van der Waals surface area contributed by atoms with Gasteiger partial charge < -0.3 is 4.74 Å². The van der Waals surface area contributed by atoms with Crippen LogP contribution in [-0.2, 0) is 0 Å². The predicted molar refractivity (Wildman–Crippen MR) is 82.5 cm³/mol. The molecular weight excluding hydrogens is 398 g/mol. The summed E-state index contributed by atoms with van der Waals surface area (Å²) in [6.07, 6.45) is 0. The Bertz CT molecular complexity index is 604. The van der Waals surface area contributed by atoms with Gasteiger partial charge in [0.15, 0.2) is 0 Å². The average Bonchev–Trinajstić information content (AvgIpc) is 2.37. The van der Waals surface area contributed by atoms with Gasteiger partial charge in [-0.25, -0.2) is 4.39 Å². The Morgan fingerprint density at radius 2 is 1.79 bits per heavy atom. The summed E-state index contributed by atoms with van der Waals surface area (Å²) in [6.45, 7) is 0. The third-order valence-electron chi connectivity index (χ3n) is 2.72. The van der Waals surface area contributed by atoms with Gasteiger partial charge in [0.1, 0.15) is 11.6 Å². The van der Waals surface area contributed by atoms with Crippen LogP contribution in [0.4, 0.5) is 4.39 Å². The largest absolute Gasteiger partial charge is 0.497 e. The molecule has 1 atom stereocenters. The van der Waals surface area contributed by atoms with E-state index in [1.54, 1.807) is 25.3 Å². The predicted octanol–water partition coefficient (Wildman–Crippen LogP) is 5.69. The summed E-state index contributed by atoms with van der Waals surface area (Å²) < 4.78 is 20.5. The van der Waals surface area contributed by atoms with E-state index in [4.69, 9.17) is 16.3 Å². The molecule has 19 heavy (non-hydrogen) atoms. The molecule has 0 heterocycles. The van der Waals surface area contributed by atoms with Crippen LogP contribution >= 0.6 is 43.5 Å². The molecule has 2 aromatic carbocycles. The van der Waals surface area contributed by atoms with Gasteiger partial charge in [-0.1, -0.05) is 44.0 Å². The lowest BCUT2D eigenvalue weighted by Crippen LogP contribution is -1.98. The molecule has 2 rings (SSSR count). The van der Waals surface area contributed by atoms with Crippen molar-refractivity contribution < 1.29 is 9.13 Å². The van der Waals surface area contributed by atoms with Crippen molar-refractivity contribution >= 4 is 43.5 Å². The van der Waals surface area contributed by atoms with Crippen molar-refractivity contribution in [1.29, 1.82) is 0 Å². The van der Waals surface area contributed by atoms with Crippen LogP contribution in [0, 0.1) is 5.82 Å². The quantitative estimate of drug-likeness (QED) is 0.593. The van der Waals surface area contributed by atoms with Crippen molar-refractivity contribution in [3.63, 3.8) is 0 Å². The van der Waals surface area contributed by atoms with Gasteiger partial charge >= 0.3 is 0 Å². The zero-order chi connectivity index (χ0) is 14.0. The molecular formula is C14H10Br2ClFO. The lowest BCUT2D eigenvalue weighted by molar-refractivity contribution is 0.414. The van der Waals surface area contributed by atoms with Gasteiger partial charge in [-0.15, -0.1) is 11.6 Å². The maximum atomic E-state index is 13.9. The molecule has 1 nitrogen and oxygen atoms in total. The summed E-state index contributed by atoms with van der Waals surface area (Å²) in [5.41, 5.74) is 1.24. The van der Waals surface area contributed by atoms with Crippen LogP contribution in [0.1, 0.15) is 16.5 Å². The number of benzene rings is 2. The van der Waals surface area contributed by atoms with E-state index >= 15 is 0 Å². The molecule has 0 saturated carbocycles. The molecule has 0 radical (unpaired) electrons. The van der Waals surface area contributed by atoms with Crippen LogP contribution in [0.15, 0.2) is 45.3 Å². The third kappa shape index (κ3) is 3.30. The minimum absolute atomic E-state index is 0.336. The number of rotatable bonds is 3. The van der Waals surface area contributed by atoms with Crippen molar-refractivity contribution in [2.75, 3.05) is 7.11 Å². The summed E-state index contributed by atoms with van der Waals surface area (Å²) in [7, 11) is 1.59. The van der Waals surface area contributed by atoms with Crippen molar-refractivity contribution in [1.82, 2.24) is 0 Å². The SMILES string of the molecule is COc1ccc(C(Cl)c2ccc(Br)cc2F)c(Br)c1. The standard InChI is InChI=1S/C14H10Br2ClFO/c1-19-9-3-5-10(12(16)7-9)14(17)11-4-2-8(15)6-13(11)18/h2-7,14H,1H3. The summed E-state index contributed by atoms with van der Waals surface area (Å²) in [6, 6.07) is 10.3. The maximum absolute atomic E-state index is 13.9.